The fraction of sp³-hybridized carbons (Fsp3) is 0.0500. The van der Waals surface area contributed by atoms with Crippen LogP contribution in [-0.2, 0) is 0 Å². The summed E-state index contributed by atoms with van der Waals surface area (Å²) in [6, 6.07) is 16.5. The number of nitrogens with one attached hydrogen (secondary N) is 2. The average molecular weight is 408 g/mol. The van der Waals surface area contributed by atoms with Crippen molar-refractivity contribution in [2.24, 2.45) is 5.10 Å². The van der Waals surface area contributed by atoms with Gasteiger partial charge < -0.3 is 5.32 Å². The van der Waals surface area contributed by atoms with E-state index in [4.69, 9.17) is 0 Å². The first-order valence-corrected chi connectivity index (χ1v) is 9.30. The maximum atomic E-state index is 12.3. The highest BCUT2D eigenvalue weighted by atomic mass is 32.1. The van der Waals surface area contributed by atoms with E-state index >= 15 is 0 Å². The van der Waals surface area contributed by atoms with Crippen molar-refractivity contribution in [2.45, 2.75) is 6.92 Å². The minimum atomic E-state index is -0.489. The zero-order chi connectivity index (χ0) is 20.8. The molecule has 0 radical (unpaired) electrons. The molecule has 1 aromatic heterocycles. The van der Waals surface area contributed by atoms with E-state index in [-0.39, 0.29) is 10.9 Å². The number of hydrogen-bond acceptors (Lipinski definition) is 6. The summed E-state index contributed by atoms with van der Waals surface area (Å²) in [5, 5.41) is 17.2. The molecule has 2 amide bonds. The molecule has 0 bridgehead atoms. The zero-order valence-corrected chi connectivity index (χ0v) is 16.1. The van der Waals surface area contributed by atoms with Crippen LogP contribution in [0.3, 0.4) is 0 Å². The summed E-state index contributed by atoms with van der Waals surface area (Å²) in [4.78, 5) is 35.3. The van der Waals surface area contributed by atoms with E-state index in [1.54, 1.807) is 42.5 Å². The Morgan fingerprint density at radius 2 is 1.76 bits per heavy atom. The van der Waals surface area contributed by atoms with Gasteiger partial charge in [0.1, 0.15) is 0 Å². The zero-order valence-electron chi connectivity index (χ0n) is 15.3. The standard InChI is InChI=1S/C20H16N4O4S/c1-13-4-2-5-14(10-13)19(25)22-16-7-3-6-15(11-16)20(26)23-21-12-17-8-9-18(29-17)24(27)28/h2-12H,1H3,(H,22,25)(H,23,26)/b21-12-. The van der Waals surface area contributed by atoms with E-state index in [1.807, 2.05) is 13.0 Å². The number of hydrogen-bond donors (Lipinski definition) is 2. The second kappa shape index (κ2) is 8.89. The van der Waals surface area contributed by atoms with Crippen LogP contribution in [0.1, 0.15) is 31.2 Å². The summed E-state index contributed by atoms with van der Waals surface area (Å²) in [6.45, 7) is 1.90. The third-order valence-electron chi connectivity index (χ3n) is 3.81. The summed E-state index contributed by atoms with van der Waals surface area (Å²) < 4.78 is 0. The number of aryl methyl sites for hydroxylation is 1. The maximum absolute atomic E-state index is 12.3. The second-order valence-corrected chi connectivity index (χ2v) is 7.13. The molecule has 3 rings (SSSR count). The van der Waals surface area contributed by atoms with Crippen LogP contribution in [0, 0.1) is 17.0 Å². The van der Waals surface area contributed by atoms with Gasteiger partial charge in [0.25, 0.3) is 11.8 Å². The summed E-state index contributed by atoms with van der Waals surface area (Å²) >= 11 is 0.949. The van der Waals surface area contributed by atoms with Gasteiger partial charge in [-0.3, -0.25) is 19.7 Å². The molecule has 2 aromatic carbocycles. The Labute approximate surface area is 170 Å². The molecule has 0 aliphatic heterocycles. The molecule has 1 heterocycles. The molecular weight excluding hydrogens is 392 g/mol. The molecule has 0 fully saturated rings. The Kier molecular flexibility index (Phi) is 6.10. The number of benzene rings is 2. The second-order valence-electron chi connectivity index (χ2n) is 6.04. The minimum absolute atomic E-state index is 0.00479. The third-order valence-corrected chi connectivity index (χ3v) is 4.78. The number of anilines is 1. The summed E-state index contributed by atoms with van der Waals surface area (Å²) in [5.74, 6) is -0.748. The summed E-state index contributed by atoms with van der Waals surface area (Å²) in [5.41, 5.74) is 4.64. The van der Waals surface area contributed by atoms with Crippen molar-refractivity contribution < 1.29 is 14.5 Å². The Morgan fingerprint density at radius 1 is 1.03 bits per heavy atom. The van der Waals surface area contributed by atoms with E-state index in [0.29, 0.717) is 21.7 Å². The van der Waals surface area contributed by atoms with Crippen molar-refractivity contribution in [3.63, 3.8) is 0 Å². The molecule has 0 atom stereocenters. The van der Waals surface area contributed by atoms with Crippen molar-refractivity contribution in [1.29, 1.82) is 0 Å². The van der Waals surface area contributed by atoms with E-state index in [9.17, 15) is 19.7 Å². The number of rotatable bonds is 6. The average Bonchev–Trinajstić information content (AvgIpc) is 3.17. The molecule has 8 nitrogen and oxygen atoms in total. The molecule has 0 saturated heterocycles. The number of nitrogens with zero attached hydrogens (tertiary/aromatic N) is 2. The maximum Gasteiger partial charge on any atom is 0.324 e. The topological polar surface area (TPSA) is 114 Å². The SMILES string of the molecule is Cc1cccc(C(=O)Nc2cccc(C(=O)N/N=C\c3ccc([N+](=O)[O-])s3)c2)c1. The molecule has 0 unspecified atom stereocenters. The molecule has 2 N–H and O–H groups in total. The van der Waals surface area contributed by atoms with Crippen molar-refractivity contribution >= 4 is 40.1 Å². The Morgan fingerprint density at radius 3 is 2.45 bits per heavy atom. The van der Waals surface area contributed by atoms with Gasteiger partial charge >= 0.3 is 5.00 Å². The number of carbonyl (C=O) groups is 2. The van der Waals surface area contributed by atoms with Gasteiger partial charge in [0.05, 0.1) is 16.0 Å². The largest absolute Gasteiger partial charge is 0.324 e. The van der Waals surface area contributed by atoms with Gasteiger partial charge in [-0.15, -0.1) is 0 Å². The molecule has 0 aliphatic carbocycles. The van der Waals surface area contributed by atoms with Crippen molar-refractivity contribution in [2.75, 3.05) is 5.32 Å². The number of carbonyl (C=O) groups excluding carboxylic acids is 2. The molecule has 0 saturated carbocycles. The number of thiophene rings is 1. The Bertz CT molecular complexity index is 1110. The minimum Gasteiger partial charge on any atom is -0.322 e. The highest BCUT2D eigenvalue weighted by molar-refractivity contribution is 7.16. The number of nitro groups is 1. The number of amides is 2. The first-order chi connectivity index (χ1) is 13.9. The monoisotopic (exact) mass is 408 g/mol. The van der Waals surface area contributed by atoms with E-state index in [1.165, 1.54) is 18.3 Å². The quantitative estimate of drug-likeness (QED) is 0.365. The van der Waals surface area contributed by atoms with Gasteiger partial charge in [0.15, 0.2) is 0 Å². The van der Waals surface area contributed by atoms with Crippen LogP contribution in [0.4, 0.5) is 10.7 Å². The molecule has 146 valence electrons. The fourth-order valence-corrected chi connectivity index (χ4v) is 3.15. The first kappa shape index (κ1) is 19.9. The summed E-state index contributed by atoms with van der Waals surface area (Å²) in [7, 11) is 0. The van der Waals surface area contributed by atoms with E-state index in [2.05, 4.69) is 15.8 Å². The Balaban J connectivity index is 1.63. The predicted octanol–water partition coefficient (Wildman–Crippen LogP) is 3.98. The van der Waals surface area contributed by atoms with Crippen LogP contribution < -0.4 is 10.7 Å². The van der Waals surface area contributed by atoms with Gasteiger partial charge in [-0.2, -0.15) is 5.10 Å². The van der Waals surface area contributed by atoms with Crippen molar-refractivity contribution in [3.05, 3.63) is 92.3 Å². The normalized spacial score (nSPS) is 10.7. The van der Waals surface area contributed by atoms with E-state index in [0.717, 1.165) is 16.9 Å². The first-order valence-electron chi connectivity index (χ1n) is 8.48. The predicted molar refractivity (Wildman–Crippen MR) is 112 cm³/mol. The van der Waals surface area contributed by atoms with E-state index < -0.39 is 10.8 Å². The van der Waals surface area contributed by atoms with Crippen LogP contribution >= 0.6 is 11.3 Å². The lowest BCUT2D eigenvalue weighted by atomic mass is 10.1. The molecule has 0 spiro atoms. The van der Waals surface area contributed by atoms with Crippen LogP contribution in [0.5, 0.6) is 0 Å². The van der Waals surface area contributed by atoms with Crippen molar-refractivity contribution in [3.8, 4) is 0 Å². The molecule has 29 heavy (non-hydrogen) atoms. The molecule has 3 aromatic rings. The summed E-state index contributed by atoms with van der Waals surface area (Å²) in [6.07, 6.45) is 1.33. The lowest BCUT2D eigenvalue weighted by Gasteiger charge is -2.07. The van der Waals surface area contributed by atoms with Gasteiger partial charge in [-0.25, -0.2) is 5.43 Å². The van der Waals surface area contributed by atoms with Crippen molar-refractivity contribution in [1.82, 2.24) is 5.43 Å². The highest BCUT2D eigenvalue weighted by Gasteiger charge is 2.10. The number of hydrazone groups is 1. The third kappa shape index (κ3) is 5.33. The van der Waals surface area contributed by atoms with Crippen LogP contribution in [0.2, 0.25) is 0 Å². The lowest BCUT2D eigenvalue weighted by Crippen LogP contribution is -2.18. The molecule has 0 aliphatic rings. The molecular formula is C20H16N4O4S. The van der Waals surface area contributed by atoms with Gasteiger partial charge in [-0.1, -0.05) is 35.1 Å². The lowest BCUT2D eigenvalue weighted by molar-refractivity contribution is -0.380. The van der Waals surface area contributed by atoms with Gasteiger partial charge in [0, 0.05) is 22.9 Å². The smallest absolute Gasteiger partial charge is 0.322 e. The highest BCUT2D eigenvalue weighted by Crippen LogP contribution is 2.22. The Hall–Kier alpha value is -3.85. The van der Waals surface area contributed by atoms with Gasteiger partial charge in [0.2, 0.25) is 0 Å². The van der Waals surface area contributed by atoms with Crippen LogP contribution in [-0.4, -0.2) is 23.0 Å². The molecule has 9 heteroatoms. The van der Waals surface area contributed by atoms with Gasteiger partial charge in [-0.05, 0) is 43.3 Å². The van der Waals surface area contributed by atoms with Crippen LogP contribution in [0.25, 0.3) is 0 Å². The fourth-order valence-electron chi connectivity index (χ4n) is 2.46. The van der Waals surface area contributed by atoms with Crippen LogP contribution in [0.15, 0.2) is 65.8 Å².